The summed E-state index contributed by atoms with van der Waals surface area (Å²) in [4.78, 5) is 26.5. The second kappa shape index (κ2) is 6.51. The molecule has 2 aliphatic heterocycles. The highest BCUT2D eigenvalue weighted by atomic mass is 19.4. The summed E-state index contributed by atoms with van der Waals surface area (Å²) in [5.41, 5.74) is 1.66. The van der Waals surface area contributed by atoms with Crippen LogP contribution in [-0.4, -0.2) is 18.5 Å². The largest absolute Gasteiger partial charge is 0.456 e. The van der Waals surface area contributed by atoms with Gasteiger partial charge in [0.25, 0.3) is 0 Å². The molecule has 0 spiro atoms. The average Bonchev–Trinajstić information content (AvgIpc) is 3.02. The van der Waals surface area contributed by atoms with E-state index in [9.17, 15) is 22.8 Å². The molecule has 1 atom stereocenters. The number of benzene rings is 2. The SMILES string of the molecule is Cc1cccc(C2CC(=O)N(c3cccc(C(F)(F)F)c3)C3=C2C(=O)OC3)c1. The zero-order valence-corrected chi connectivity index (χ0v) is 14.9. The van der Waals surface area contributed by atoms with Gasteiger partial charge in [0.15, 0.2) is 0 Å². The van der Waals surface area contributed by atoms with Crippen molar-refractivity contribution in [1.29, 1.82) is 0 Å². The quantitative estimate of drug-likeness (QED) is 0.720. The molecule has 1 unspecified atom stereocenters. The molecule has 28 heavy (non-hydrogen) atoms. The van der Waals surface area contributed by atoms with Gasteiger partial charge in [0.1, 0.15) is 6.61 Å². The maximum atomic E-state index is 13.1. The number of amides is 1. The van der Waals surface area contributed by atoms with E-state index in [-0.39, 0.29) is 24.6 Å². The van der Waals surface area contributed by atoms with Crippen LogP contribution in [-0.2, 0) is 20.5 Å². The molecule has 2 aromatic carbocycles. The van der Waals surface area contributed by atoms with Crippen LogP contribution in [0.5, 0.6) is 0 Å². The van der Waals surface area contributed by atoms with E-state index in [4.69, 9.17) is 4.74 Å². The summed E-state index contributed by atoms with van der Waals surface area (Å²) in [5.74, 6) is -1.38. The van der Waals surface area contributed by atoms with Crippen LogP contribution in [0.15, 0.2) is 59.8 Å². The Labute approximate surface area is 159 Å². The molecule has 2 heterocycles. The molecule has 0 fully saturated rings. The average molecular weight is 387 g/mol. The third-order valence-corrected chi connectivity index (χ3v) is 4.99. The van der Waals surface area contributed by atoms with Gasteiger partial charge in [-0.1, -0.05) is 35.9 Å². The van der Waals surface area contributed by atoms with Crippen LogP contribution in [0.2, 0.25) is 0 Å². The normalized spacial score (nSPS) is 19.7. The van der Waals surface area contributed by atoms with Crippen LogP contribution in [0.25, 0.3) is 0 Å². The van der Waals surface area contributed by atoms with Crippen molar-refractivity contribution in [2.24, 2.45) is 0 Å². The Bertz CT molecular complexity index is 1010. The standard InChI is InChI=1S/C21H16F3NO3/c1-12-4-2-5-13(8-12)16-10-18(26)25(17-11-28-20(27)19(16)17)15-7-3-6-14(9-15)21(22,23)24/h2-9,16H,10-11H2,1H3. The third kappa shape index (κ3) is 3.06. The minimum Gasteiger partial charge on any atom is -0.456 e. The molecule has 0 aromatic heterocycles. The Kier molecular flexibility index (Phi) is 4.25. The molecular formula is C21H16F3NO3. The second-order valence-electron chi connectivity index (χ2n) is 6.88. The lowest BCUT2D eigenvalue weighted by Gasteiger charge is -2.32. The van der Waals surface area contributed by atoms with Crippen molar-refractivity contribution in [3.63, 3.8) is 0 Å². The maximum Gasteiger partial charge on any atom is 0.416 e. The number of hydrogen-bond donors (Lipinski definition) is 0. The van der Waals surface area contributed by atoms with Crippen molar-refractivity contribution in [3.05, 3.63) is 76.5 Å². The van der Waals surface area contributed by atoms with Gasteiger partial charge in [-0.05, 0) is 30.7 Å². The zero-order valence-electron chi connectivity index (χ0n) is 14.9. The molecule has 4 nitrogen and oxygen atoms in total. The van der Waals surface area contributed by atoms with Crippen molar-refractivity contribution < 1.29 is 27.5 Å². The molecule has 0 radical (unpaired) electrons. The molecule has 7 heteroatoms. The van der Waals surface area contributed by atoms with E-state index in [1.807, 2.05) is 31.2 Å². The van der Waals surface area contributed by atoms with Crippen molar-refractivity contribution in [1.82, 2.24) is 0 Å². The Morgan fingerprint density at radius 1 is 1.07 bits per heavy atom. The Morgan fingerprint density at radius 2 is 1.82 bits per heavy atom. The van der Waals surface area contributed by atoms with Crippen molar-refractivity contribution in [3.8, 4) is 0 Å². The van der Waals surface area contributed by atoms with Crippen LogP contribution in [0.4, 0.5) is 18.9 Å². The fourth-order valence-corrected chi connectivity index (χ4v) is 3.75. The number of halogens is 3. The monoisotopic (exact) mass is 387 g/mol. The predicted molar refractivity (Wildman–Crippen MR) is 95.5 cm³/mol. The van der Waals surface area contributed by atoms with Crippen LogP contribution in [0, 0.1) is 6.92 Å². The highest BCUT2D eigenvalue weighted by Gasteiger charge is 2.43. The van der Waals surface area contributed by atoms with Gasteiger partial charge < -0.3 is 4.74 Å². The first-order valence-electron chi connectivity index (χ1n) is 8.72. The van der Waals surface area contributed by atoms with Crippen molar-refractivity contribution >= 4 is 17.6 Å². The highest BCUT2D eigenvalue weighted by Crippen LogP contribution is 2.42. The number of aryl methyl sites for hydroxylation is 1. The predicted octanol–water partition coefficient (Wildman–Crippen LogP) is 4.35. The van der Waals surface area contributed by atoms with Gasteiger partial charge in [0.05, 0.1) is 16.8 Å². The summed E-state index contributed by atoms with van der Waals surface area (Å²) in [6.07, 6.45) is -4.55. The van der Waals surface area contributed by atoms with E-state index in [1.165, 1.54) is 17.0 Å². The molecule has 144 valence electrons. The molecule has 0 N–H and O–H groups in total. The summed E-state index contributed by atoms with van der Waals surface area (Å²) >= 11 is 0. The number of ether oxygens (including phenoxy) is 1. The number of anilines is 1. The van der Waals surface area contributed by atoms with Crippen LogP contribution in [0.3, 0.4) is 0 Å². The minimum absolute atomic E-state index is 0.0202. The second-order valence-corrected chi connectivity index (χ2v) is 6.88. The van der Waals surface area contributed by atoms with Gasteiger partial charge in [-0.3, -0.25) is 9.69 Å². The van der Waals surface area contributed by atoms with Crippen LogP contribution < -0.4 is 4.90 Å². The number of alkyl halides is 3. The number of esters is 1. The summed E-state index contributed by atoms with van der Waals surface area (Å²) in [7, 11) is 0. The van der Waals surface area contributed by atoms with E-state index in [0.29, 0.717) is 11.3 Å². The molecule has 1 amide bonds. The van der Waals surface area contributed by atoms with Gasteiger partial charge >= 0.3 is 12.1 Å². The fraction of sp³-hybridized carbons (Fsp3) is 0.238. The van der Waals surface area contributed by atoms with E-state index in [0.717, 1.165) is 23.3 Å². The number of nitrogens with zero attached hydrogens (tertiary/aromatic N) is 1. The number of carbonyl (C=O) groups excluding carboxylic acids is 2. The third-order valence-electron chi connectivity index (χ3n) is 4.99. The molecule has 2 aromatic rings. The molecule has 2 aliphatic rings. The topological polar surface area (TPSA) is 46.6 Å². The lowest BCUT2D eigenvalue weighted by molar-refractivity contribution is -0.138. The van der Waals surface area contributed by atoms with Crippen LogP contribution in [0.1, 0.15) is 29.0 Å². The lowest BCUT2D eigenvalue weighted by Crippen LogP contribution is -2.37. The van der Waals surface area contributed by atoms with E-state index < -0.39 is 23.6 Å². The van der Waals surface area contributed by atoms with Gasteiger partial charge in [-0.15, -0.1) is 0 Å². The fourth-order valence-electron chi connectivity index (χ4n) is 3.75. The lowest BCUT2D eigenvalue weighted by atomic mass is 9.83. The molecule has 0 bridgehead atoms. The minimum atomic E-state index is -4.53. The smallest absolute Gasteiger partial charge is 0.416 e. The summed E-state index contributed by atoms with van der Waals surface area (Å²) in [6.45, 7) is 1.77. The zero-order chi connectivity index (χ0) is 20.1. The van der Waals surface area contributed by atoms with E-state index in [2.05, 4.69) is 0 Å². The molecule has 0 saturated carbocycles. The Hall–Kier alpha value is -3.09. The first kappa shape index (κ1) is 18.3. The maximum absolute atomic E-state index is 13.1. The number of carbonyl (C=O) groups is 2. The first-order valence-corrected chi connectivity index (χ1v) is 8.72. The summed E-state index contributed by atoms with van der Waals surface area (Å²) < 4.78 is 44.4. The summed E-state index contributed by atoms with van der Waals surface area (Å²) in [6, 6.07) is 12.0. The summed E-state index contributed by atoms with van der Waals surface area (Å²) in [5, 5.41) is 0. The van der Waals surface area contributed by atoms with Gasteiger partial charge in [0.2, 0.25) is 5.91 Å². The first-order chi connectivity index (χ1) is 13.3. The molecule has 0 aliphatic carbocycles. The van der Waals surface area contributed by atoms with Crippen molar-refractivity contribution in [2.45, 2.75) is 25.4 Å². The van der Waals surface area contributed by atoms with E-state index >= 15 is 0 Å². The number of hydrogen-bond acceptors (Lipinski definition) is 3. The van der Waals surface area contributed by atoms with Gasteiger partial charge in [-0.2, -0.15) is 13.2 Å². The Morgan fingerprint density at radius 3 is 2.54 bits per heavy atom. The molecular weight excluding hydrogens is 371 g/mol. The molecule has 0 saturated heterocycles. The molecule has 4 rings (SSSR count). The van der Waals surface area contributed by atoms with Crippen molar-refractivity contribution in [2.75, 3.05) is 11.5 Å². The number of cyclic esters (lactones) is 1. The van der Waals surface area contributed by atoms with Gasteiger partial charge in [-0.25, -0.2) is 4.79 Å². The van der Waals surface area contributed by atoms with E-state index in [1.54, 1.807) is 0 Å². The number of rotatable bonds is 2. The highest BCUT2D eigenvalue weighted by molar-refractivity contribution is 6.06. The van der Waals surface area contributed by atoms with Crippen LogP contribution >= 0.6 is 0 Å². The Balaban J connectivity index is 1.82. The van der Waals surface area contributed by atoms with Gasteiger partial charge in [0, 0.05) is 18.0 Å².